The third kappa shape index (κ3) is 34.3. The Hall–Kier alpha value is -2.31. The molecule has 2 aliphatic rings. The maximum Gasteiger partial charge on any atom is 0.306 e. The SMILES string of the molecule is CC/C=C\C/C=C\C/C=C\C/C=C\CCCCCCCCCCC(=O)OC(COCCCCCCCCCCCC/C=C\CCCCCCCC)COC1OC(COC2OC(CO)C(O)C(O)C2O)C(O)C(O)C1O. The molecule has 0 aromatic heterocycles. The minimum Gasteiger partial charge on any atom is -0.457 e. The summed E-state index contributed by atoms with van der Waals surface area (Å²) in [5, 5.41) is 72.4. The predicted octanol–water partition coefficient (Wildman–Crippen LogP) is 10.9. The molecule has 0 aromatic rings. The van der Waals surface area contributed by atoms with E-state index in [0.717, 1.165) is 70.6 Å². The van der Waals surface area contributed by atoms with Crippen molar-refractivity contribution in [2.45, 2.75) is 287 Å². The Morgan fingerprint density at radius 3 is 1.37 bits per heavy atom. The van der Waals surface area contributed by atoms with Crippen molar-refractivity contribution in [2.75, 3.05) is 33.0 Å². The molecule has 2 aliphatic heterocycles. The summed E-state index contributed by atoms with van der Waals surface area (Å²) >= 11 is 0. The zero-order chi connectivity index (χ0) is 54.4. The summed E-state index contributed by atoms with van der Waals surface area (Å²) in [6.07, 6.45) is 42.7. The molecule has 436 valence electrons. The molecule has 0 bridgehead atoms. The molecule has 2 rings (SSSR count). The first-order chi connectivity index (χ1) is 36.6. The van der Waals surface area contributed by atoms with E-state index in [4.69, 9.17) is 28.4 Å². The van der Waals surface area contributed by atoms with E-state index in [1.807, 2.05) is 0 Å². The monoisotopic (exact) mass is 1060 g/mol. The average molecular weight is 1070 g/mol. The van der Waals surface area contributed by atoms with Crippen molar-refractivity contribution in [2.24, 2.45) is 0 Å². The van der Waals surface area contributed by atoms with Gasteiger partial charge in [0.2, 0.25) is 0 Å². The standard InChI is InChI=1S/C61H108O14/c1-3-5-7-9-11-13-15-17-19-21-23-25-26-28-30-32-34-36-38-40-42-44-53(63)73-50(47-70-45-43-41-39-37-35-33-31-29-27-24-22-20-18-16-14-12-10-8-6-4-2)48-71-60-59(69)57(67)55(65)52(75-60)49-72-61-58(68)56(66)54(64)51(46-62)74-61/h5,7,11,13,17-20,23,25,50-52,54-62,64-69H,3-4,6,8-10,12,14-16,21-22,24,26-49H2,1-2H3/b7-5-,13-11-,19-17-,20-18-,25-23-. The minimum atomic E-state index is -1.71. The Morgan fingerprint density at radius 2 is 0.867 bits per heavy atom. The molecule has 0 amide bonds. The quantitative estimate of drug-likeness (QED) is 0.0172. The van der Waals surface area contributed by atoms with E-state index in [9.17, 15) is 40.5 Å². The van der Waals surface area contributed by atoms with Crippen molar-refractivity contribution in [3.8, 4) is 0 Å². The molecule has 0 radical (unpaired) electrons. The summed E-state index contributed by atoms with van der Waals surface area (Å²) in [6, 6.07) is 0. The van der Waals surface area contributed by atoms with Crippen molar-refractivity contribution < 1.29 is 69.0 Å². The summed E-state index contributed by atoms with van der Waals surface area (Å²) in [4.78, 5) is 13.1. The Labute approximate surface area is 454 Å². The molecule has 11 atom stereocenters. The van der Waals surface area contributed by atoms with Crippen LogP contribution in [-0.2, 0) is 33.2 Å². The lowest BCUT2D eigenvalue weighted by Crippen LogP contribution is -2.61. The highest BCUT2D eigenvalue weighted by Gasteiger charge is 2.47. The highest BCUT2D eigenvalue weighted by molar-refractivity contribution is 5.69. The van der Waals surface area contributed by atoms with Crippen LogP contribution in [0.1, 0.15) is 219 Å². The highest BCUT2D eigenvalue weighted by Crippen LogP contribution is 2.27. The first-order valence-electron chi connectivity index (χ1n) is 29.9. The van der Waals surface area contributed by atoms with Gasteiger partial charge in [0.25, 0.3) is 0 Å². The molecule has 14 nitrogen and oxygen atoms in total. The van der Waals surface area contributed by atoms with Crippen LogP contribution in [0.4, 0.5) is 0 Å². The van der Waals surface area contributed by atoms with Gasteiger partial charge in [0, 0.05) is 13.0 Å². The fraction of sp³-hybridized carbons (Fsp3) is 0.820. The number of aliphatic hydroxyl groups is 7. The van der Waals surface area contributed by atoms with Gasteiger partial charge in [-0.3, -0.25) is 4.79 Å². The Balaban J connectivity index is 1.71. The smallest absolute Gasteiger partial charge is 0.306 e. The summed E-state index contributed by atoms with van der Waals surface area (Å²) in [5.41, 5.74) is 0. The molecule has 0 spiro atoms. The second-order valence-corrected chi connectivity index (χ2v) is 20.8. The number of rotatable bonds is 48. The maximum atomic E-state index is 13.1. The molecular weight excluding hydrogens is 957 g/mol. The number of hydrogen-bond acceptors (Lipinski definition) is 14. The van der Waals surface area contributed by atoms with E-state index in [-0.39, 0.29) is 25.6 Å². The second kappa shape index (κ2) is 47.7. The largest absolute Gasteiger partial charge is 0.457 e. The summed E-state index contributed by atoms with van der Waals surface area (Å²) < 4.78 is 34.4. The van der Waals surface area contributed by atoms with E-state index >= 15 is 0 Å². The zero-order valence-corrected chi connectivity index (χ0v) is 46.8. The molecule has 0 aromatic carbocycles. The molecule has 75 heavy (non-hydrogen) atoms. The first kappa shape index (κ1) is 68.8. The number of esters is 1. The van der Waals surface area contributed by atoms with Crippen LogP contribution < -0.4 is 0 Å². The Morgan fingerprint density at radius 1 is 0.453 bits per heavy atom. The molecule has 11 unspecified atom stereocenters. The van der Waals surface area contributed by atoms with E-state index in [1.54, 1.807) is 0 Å². The average Bonchev–Trinajstić information content (AvgIpc) is 3.41. The summed E-state index contributed by atoms with van der Waals surface area (Å²) in [7, 11) is 0. The number of aliphatic hydroxyl groups excluding tert-OH is 7. The number of ether oxygens (including phenoxy) is 6. The molecule has 7 N–H and O–H groups in total. The Kier molecular flexibility index (Phi) is 43.7. The zero-order valence-electron chi connectivity index (χ0n) is 46.8. The van der Waals surface area contributed by atoms with Crippen LogP contribution in [0.25, 0.3) is 0 Å². The normalized spacial score (nSPS) is 25.0. The van der Waals surface area contributed by atoms with E-state index < -0.39 is 80.7 Å². The number of hydrogen-bond donors (Lipinski definition) is 7. The fourth-order valence-electron chi connectivity index (χ4n) is 9.21. The third-order valence-electron chi connectivity index (χ3n) is 14.0. The van der Waals surface area contributed by atoms with Gasteiger partial charge in [-0.25, -0.2) is 0 Å². The number of carbonyl (C=O) groups is 1. The number of allylic oxidation sites excluding steroid dienone is 10. The van der Waals surface area contributed by atoms with Crippen molar-refractivity contribution >= 4 is 5.97 Å². The lowest BCUT2D eigenvalue weighted by Gasteiger charge is -2.42. The summed E-state index contributed by atoms with van der Waals surface area (Å²) in [5.74, 6) is -0.384. The van der Waals surface area contributed by atoms with Gasteiger partial charge in [-0.15, -0.1) is 0 Å². The van der Waals surface area contributed by atoms with Gasteiger partial charge in [-0.2, -0.15) is 0 Å². The summed E-state index contributed by atoms with van der Waals surface area (Å²) in [6.45, 7) is 3.58. The molecule has 2 heterocycles. The molecular formula is C61H108O14. The fourth-order valence-corrected chi connectivity index (χ4v) is 9.21. The van der Waals surface area contributed by atoms with Gasteiger partial charge < -0.3 is 64.2 Å². The lowest BCUT2D eigenvalue weighted by atomic mass is 9.98. The van der Waals surface area contributed by atoms with Crippen LogP contribution >= 0.6 is 0 Å². The minimum absolute atomic E-state index is 0.0561. The van der Waals surface area contributed by atoms with E-state index in [2.05, 4.69) is 74.6 Å². The topological polar surface area (TPSA) is 214 Å². The van der Waals surface area contributed by atoms with Crippen molar-refractivity contribution in [3.05, 3.63) is 60.8 Å². The van der Waals surface area contributed by atoms with Gasteiger partial charge in [-0.1, -0.05) is 197 Å². The van der Waals surface area contributed by atoms with E-state index in [1.165, 1.54) is 122 Å². The van der Waals surface area contributed by atoms with Crippen molar-refractivity contribution in [3.63, 3.8) is 0 Å². The number of unbranched alkanes of at least 4 members (excludes halogenated alkanes) is 24. The van der Waals surface area contributed by atoms with Crippen LogP contribution in [0.2, 0.25) is 0 Å². The number of carbonyl (C=O) groups excluding carboxylic acids is 1. The van der Waals surface area contributed by atoms with Crippen LogP contribution in [0.3, 0.4) is 0 Å². The van der Waals surface area contributed by atoms with E-state index in [0.29, 0.717) is 13.0 Å². The van der Waals surface area contributed by atoms with Crippen LogP contribution in [-0.4, -0.2) is 142 Å². The molecule has 2 fully saturated rings. The maximum absolute atomic E-state index is 13.1. The van der Waals surface area contributed by atoms with Crippen LogP contribution in [0.5, 0.6) is 0 Å². The van der Waals surface area contributed by atoms with Gasteiger partial charge in [0.15, 0.2) is 12.6 Å². The van der Waals surface area contributed by atoms with Crippen LogP contribution in [0.15, 0.2) is 60.8 Å². The van der Waals surface area contributed by atoms with Gasteiger partial charge in [0.05, 0.1) is 26.4 Å². The molecule has 14 heteroatoms. The second-order valence-electron chi connectivity index (χ2n) is 20.8. The lowest BCUT2D eigenvalue weighted by molar-refractivity contribution is -0.332. The molecule has 2 saturated heterocycles. The van der Waals surface area contributed by atoms with Crippen LogP contribution in [0, 0.1) is 0 Å². The van der Waals surface area contributed by atoms with Gasteiger partial charge in [0.1, 0.15) is 54.9 Å². The highest BCUT2D eigenvalue weighted by atomic mass is 16.7. The third-order valence-corrected chi connectivity index (χ3v) is 14.0. The van der Waals surface area contributed by atoms with Gasteiger partial charge in [-0.05, 0) is 77.0 Å². The molecule has 0 saturated carbocycles. The predicted molar refractivity (Wildman–Crippen MR) is 298 cm³/mol. The molecule has 0 aliphatic carbocycles. The van der Waals surface area contributed by atoms with Crippen molar-refractivity contribution in [1.29, 1.82) is 0 Å². The Bertz CT molecular complexity index is 1470. The van der Waals surface area contributed by atoms with Crippen molar-refractivity contribution in [1.82, 2.24) is 0 Å². The van der Waals surface area contributed by atoms with Gasteiger partial charge >= 0.3 is 5.97 Å². The first-order valence-corrected chi connectivity index (χ1v) is 29.9.